The van der Waals surface area contributed by atoms with Gasteiger partial charge in [0.05, 0.1) is 12.2 Å². The molecule has 0 spiro atoms. The van der Waals surface area contributed by atoms with E-state index in [1.165, 1.54) is 0 Å². The summed E-state index contributed by atoms with van der Waals surface area (Å²) in [6.45, 7) is 5.04. The Morgan fingerprint density at radius 3 is 2.58 bits per heavy atom. The lowest BCUT2D eigenvalue weighted by atomic mass is 10.1. The maximum Gasteiger partial charge on any atom is 0.150 e. The van der Waals surface area contributed by atoms with Gasteiger partial charge < -0.3 is 9.42 Å². The number of rotatable bonds is 3. The summed E-state index contributed by atoms with van der Waals surface area (Å²) >= 11 is 0. The first-order valence-corrected chi connectivity index (χ1v) is 4.20. The molecule has 12 heavy (non-hydrogen) atoms. The van der Waals surface area contributed by atoms with Crippen molar-refractivity contribution in [3.05, 3.63) is 17.5 Å². The van der Waals surface area contributed by atoms with Crippen LogP contribution in [0.3, 0.4) is 0 Å². The molecule has 0 bridgehead atoms. The van der Waals surface area contributed by atoms with Gasteiger partial charge in [-0.1, -0.05) is 19.0 Å². The molecule has 0 saturated carbocycles. The molecule has 3 heteroatoms. The highest BCUT2D eigenvalue weighted by atomic mass is 16.5. The Morgan fingerprint density at radius 1 is 1.50 bits per heavy atom. The Bertz CT molecular complexity index is 240. The average molecular weight is 168 g/mol. The summed E-state index contributed by atoms with van der Waals surface area (Å²) in [7, 11) is 4.02. The van der Waals surface area contributed by atoms with Crippen molar-refractivity contribution in [3.8, 4) is 0 Å². The molecule has 1 aromatic rings. The highest BCUT2D eigenvalue weighted by molar-refractivity contribution is 5.08. The Labute approximate surface area is 73.3 Å². The fraction of sp³-hybridized carbons (Fsp3) is 0.667. The summed E-state index contributed by atoms with van der Waals surface area (Å²) in [4.78, 5) is 2.06. The summed E-state index contributed by atoms with van der Waals surface area (Å²) in [5.41, 5.74) is 1.03. The predicted molar refractivity (Wildman–Crippen MR) is 48.0 cm³/mol. The molecule has 3 nitrogen and oxygen atoms in total. The van der Waals surface area contributed by atoms with E-state index < -0.39 is 0 Å². The van der Waals surface area contributed by atoms with Crippen molar-refractivity contribution in [2.24, 2.45) is 0 Å². The average Bonchev–Trinajstić information content (AvgIpc) is 2.34. The number of hydrogen-bond acceptors (Lipinski definition) is 3. The van der Waals surface area contributed by atoms with Crippen LogP contribution in [0.4, 0.5) is 0 Å². The minimum absolute atomic E-state index is 0.449. The Morgan fingerprint density at radius 2 is 2.17 bits per heavy atom. The van der Waals surface area contributed by atoms with Gasteiger partial charge in [-0.3, -0.25) is 0 Å². The van der Waals surface area contributed by atoms with Crippen molar-refractivity contribution >= 4 is 0 Å². The SMILES string of the molecule is CC(C)c1cc(CN(C)C)on1. The quantitative estimate of drug-likeness (QED) is 0.690. The maximum absolute atomic E-state index is 5.15. The van der Waals surface area contributed by atoms with Crippen LogP contribution >= 0.6 is 0 Å². The molecular weight excluding hydrogens is 152 g/mol. The summed E-state index contributed by atoms with van der Waals surface area (Å²) in [5, 5.41) is 3.97. The first-order chi connectivity index (χ1) is 5.59. The van der Waals surface area contributed by atoms with Gasteiger partial charge in [-0.2, -0.15) is 0 Å². The smallest absolute Gasteiger partial charge is 0.150 e. The van der Waals surface area contributed by atoms with E-state index in [1.54, 1.807) is 0 Å². The molecular formula is C9H16N2O. The Kier molecular flexibility index (Phi) is 2.87. The van der Waals surface area contributed by atoms with E-state index >= 15 is 0 Å². The van der Waals surface area contributed by atoms with Gasteiger partial charge in [0.2, 0.25) is 0 Å². The molecule has 1 aromatic heterocycles. The molecule has 1 heterocycles. The lowest BCUT2D eigenvalue weighted by Gasteiger charge is -2.04. The molecule has 68 valence electrons. The molecule has 0 aliphatic rings. The zero-order valence-corrected chi connectivity index (χ0v) is 8.16. The van der Waals surface area contributed by atoms with Gasteiger partial charge in [-0.15, -0.1) is 0 Å². The highest BCUT2D eigenvalue weighted by Crippen LogP contribution is 2.14. The van der Waals surface area contributed by atoms with Crippen LogP contribution in [0, 0.1) is 0 Å². The summed E-state index contributed by atoms with van der Waals surface area (Å²) in [6.07, 6.45) is 0. The Hall–Kier alpha value is -0.830. The molecule has 0 unspecified atom stereocenters. The van der Waals surface area contributed by atoms with E-state index in [0.29, 0.717) is 5.92 Å². The second kappa shape index (κ2) is 3.72. The van der Waals surface area contributed by atoms with E-state index in [0.717, 1.165) is 18.0 Å². The van der Waals surface area contributed by atoms with Crippen molar-refractivity contribution in [1.82, 2.24) is 10.1 Å². The monoisotopic (exact) mass is 168 g/mol. The van der Waals surface area contributed by atoms with Crippen LogP contribution in [0.5, 0.6) is 0 Å². The lowest BCUT2D eigenvalue weighted by molar-refractivity contribution is 0.307. The van der Waals surface area contributed by atoms with E-state index in [2.05, 4.69) is 23.9 Å². The zero-order valence-electron chi connectivity index (χ0n) is 8.16. The van der Waals surface area contributed by atoms with Crippen LogP contribution in [-0.4, -0.2) is 24.2 Å². The van der Waals surface area contributed by atoms with Gasteiger partial charge in [0.15, 0.2) is 5.76 Å². The van der Waals surface area contributed by atoms with Gasteiger partial charge >= 0.3 is 0 Å². The normalized spacial score (nSPS) is 11.5. The van der Waals surface area contributed by atoms with Gasteiger partial charge in [-0.05, 0) is 20.0 Å². The first kappa shape index (κ1) is 9.26. The van der Waals surface area contributed by atoms with Crippen molar-refractivity contribution in [1.29, 1.82) is 0 Å². The topological polar surface area (TPSA) is 29.3 Å². The van der Waals surface area contributed by atoms with Crippen LogP contribution in [-0.2, 0) is 6.54 Å². The Balaban J connectivity index is 2.64. The fourth-order valence-electron chi connectivity index (χ4n) is 0.987. The van der Waals surface area contributed by atoms with Gasteiger partial charge in [0, 0.05) is 6.07 Å². The molecule has 0 aliphatic heterocycles. The van der Waals surface area contributed by atoms with Gasteiger partial charge in [0.25, 0.3) is 0 Å². The molecule has 0 radical (unpaired) electrons. The van der Waals surface area contributed by atoms with Crippen LogP contribution in [0.2, 0.25) is 0 Å². The first-order valence-electron chi connectivity index (χ1n) is 4.20. The van der Waals surface area contributed by atoms with Crippen molar-refractivity contribution in [2.45, 2.75) is 26.3 Å². The molecule has 0 amide bonds. The highest BCUT2D eigenvalue weighted by Gasteiger charge is 2.07. The third-order valence-electron chi connectivity index (χ3n) is 1.64. The van der Waals surface area contributed by atoms with Crippen molar-refractivity contribution in [3.63, 3.8) is 0 Å². The van der Waals surface area contributed by atoms with Crippen LogP contribution in [0.25, 0.3) is 0 Å². The zero-order chi connectivity index (χ0) is 9.14. The predicted octanol–water partition coefficient (Wildman–Crippen LogP) is 1.86. The molecule has 1 rings (SSSR count). The summed E-state index contributed by atoms with van der Waals surface area (Å²) < 4.78 is 5.15. The van der Waals surface area contributed by atoms with E-state index in [4.69, 9.17) is 4.52 Å². The van der Waals surface area contributed by atoms with E-state index in [1.807, 2.05) is 20.2 Å². The fourth-order valence-corrected chi connectivity index (χ4v) is 0.987. The third kappa shape index (κ3) is 2.34. The number of nitrogens with zero attached hydrogens (tertiary/aromatic N) is 2. The molecule has 0 N–H and O–H groups in total. The van der Waals surface area contributed by atoms with Crippen LogP contribution in [0.15, 0.2) is 10.6 Å². The number of hydrogen-bond donors (Lipinski definition) is 0. The van der Waals surface area contributed by atoms with Crippen molar-refractivity contribution < 1.29 is 4.52 Å². The van der Waals surface area contributed by atoms with Gasteiger partial charge in [0.1, 0.15) is 0 Å². The van der Waals surface area contributed by atoms with Crippen LogP contribution in [0.1, 0.15) is 31.2 Å². The molecule has 0 fully saturated rings. The standard InChI is InChI=1S/C9H16N2O/c1-7(2)9-5-8(12-10-9)6-11(3)4/h5,7H,6H2,1-4H3. The minimum atomic E-state index is 0.449. The second-order valence-corrected chi connectivity index (χ2v) is 3.61. The molecule has 0 aromatic carbocycles. The largest absolute Gasteiger partial charge is 0.360 e. The molecule has 0 saturated heterocycles. The van der Waals surface area contributed by atoms with Crippen LogP contribution < -0.4 is 0 Å². The van der Waals surface area contributed by atoms with E-state index in [9.17, 15) is 0 Å². The molecule has 0 aliphatic carbocycles. The van der Waals surface area contributed by atoms with Gasteiger partial charge in [-0.25, -0.2) is 0 Å². The lowest BCUT2D eigenvalue weighted by Crippen LogP contribution is -2.09. The summed E-state index contributed by atoms with van der Waals surface area (Å²) in [6, 6.07) is 2.02. The third-order valence-corrected chi connectivity index (χ3v) is 1.64. The number of aromatic nitrogens is 1. The van der Waals surface area contributed by atoms with Crippen molar-refractivity contribution in [2.75, 3.05) is 14.1 Å². The maximum atomic E-state index is 5.15. The van der Waals surface area contributed by atoms with E-state index in [-0.39, 0.29) is 0 Å². The minimum Gasteiger partial charge on any atom is -0.360 e. The summed E-state index contributed by atoms with van der Waals surface area (Å²) in [5.74, 6) is 1.38. The molecule has 0 atom stereocenters. The second-order valence-electron chi connectivity index (χ2n) is 3.61.